The number of nitrogens with one attached hydrogen (secondary N) is 2. The van der Waals surface area contributed by atoms with Gasteiger partial charge in [0.2, 0.25) is 11.7 Å². The Hall–Kier alpha value is -3.26. The molecule has 150 valence electrons. The molecule has 7 nitrogen and oxygen atoms in total. The zero-order valence-electron chi connectivity index (χ0n) is 15.8. The van der Waals surface area contributed by atoms with Crippen molar-refractivity contribution < 1.29 is 23.5 Å². The molecule has 1 aromatic heterocycles. The van der Waals surface area contributed by atoms with Gasteiger partial charge in [-0.05, 0) is 11.6 Å². The minimum atomic E-state index is -0.727. The van der Waals surface area contributed by atoms with Crippen LogP contribution in [0.15, 0.2) is 59.0 Å². The molecule has 0 aliphatic heterocycles. The van der Waals surface area contributed by atoms with Gasteiger partial charge in [-0.1, -0.05) is 48.5 Å². The van der Waals surface area contributed by atoms with Gasteiger partial charge in [0.25, 0.3) is 5.91 Å². The second kappa shape index (κ2) is 9.79. The summed E-state index contributed by atoms with van der Waals surface area (Å²) in [7, 11) is 0. The molecule has 29 heavy (non-hydrogen) atoms. The molecular formula is C21H20N2O5S. The number of ether oxygens (including phenoxy) is 1. The third kappa shape index (κ3) is 5.61. The van der Waals surface area contributed by atoms with E-state index in [9.17, 15) is 14.4 Å². The van der Waals surface area contributed by atoms with E-state index in [1.807, 2.05) is 48.5 Å². The summed E-state index contributed by atoms with van der Waals surface area (Å²) < 4.78 is 10.8. The summed E-state index contributed by atoms with van der Waals surface area (Å²) in [5.74, 6) is -0.388. The normalized spacial score (nSPS) is 10.5. The number of fused-ring (bicyclic) bond motifs is 1. The molecule has 0 aliphatic rings. The van der Waals surface area contributed by atoms with Gasteiger partial charge in [0.15, 0.2) is 6.61 Å². The van der Waals surface area contributed by atoms with Crippen LogP contribution in [-0.2, 0) is 25.8 Å². The molecule has 2 N–H and O–H groups in total. The van der Waals surface area contributed by atoms with Crippen molar-refractivity contribution in [3.05, 3.63) is 71.5 Å². The van der Waals surface area contributed by atoms with Crippen LogP contribution in [0.25, 0.3) is 11.0 Å². The number of furan rings is 1. The summed E-state index contributed by atoms with van der Waals surface area (Å²) >= 11 is 1.65. The molecule has 0 aliphatic carbocycles. The molecular weight excluding hydrogens is 392 g/mol. The average Bonchev–Trinajstić information content (AvgIpc) is 3.10. The second-order valence-electron chi connectivity index (χ2n) is 6.19. The Morgan fingerprint density at radius 1 is 0.966 bits per heavy atom. The van der Waals surface area contributed by atoms with Crippen LogP contribution in [-0.4, -0.2) is 24.4 Å². The summed E-state index contributed by atoms with van der Waals surface area (Å²) in [6.07, 6.45) is 0. The first-order valence-electron chi connectivity index (χ1n) is 8.89. The molecule has 1 heterocycles. The van der Waals surface area contributed by atoms with Crippen molar-refractivity contribution in [1.82, 2.24) is 10.9 Å². The SMILES string of the molecule is CC(=O)NNC(=O)COC(=O)c1oc2ccccc2c1CSCc1ccccc1. The highest BCUT2D eigenvalue weighted by atomic mass is 32.2. The zero-order chi connectivity index (χ0) is 20.6. The number of rotatable bonds is 7. The largest absolute Gasteiger partial charge is 0.450 e. The number of carbonyl (C=O) groups is 3. The second-order valence-corrected chi connectivity index (χ2v) is 7.18. The molecule has 2 aromatic carbocycles. The van der Waals surface area contributed by atoms with Crippen molar-refractivity contribution in [1.29, 1.82) is 0 Å². The van der Waals surface area contributed by atoms with E-state index in [-0.39, 0.29) is 5.76 Å². The molecule has 0 saturated carbocycles. The molecule has 0 spiro atoms. The molecule has 2 amide bonds. The van der Waals surface area contributed by atoms with Gasteiger partial charge in [0.1, 0.15) is 5.58 Å². The Kier molecular flexibility index (Phi) is 6.91. The third-order valence-corrected chi connectivity index (χ3v) is 4.98. The number of hydrogen-bond acceptors (Lipinski definition) is 6. The predicted molar refractivity (Wildman–Crippen MR) is 110 cm³/mol. The lowest BCUT2D eigenvalue weighted by molar-refractivity contribution is -0.129. The topological polar surface area (TPSA) is 97.6 Å². The molecule has 0 atom stereocenters. The first-order chi connectivity index (χ1) is 14.0. The van der Waals surface area contributed by atoms with E-state index in [0.29, 0.717) is 11.3 Å². The van der Waals surface area contributed by atoms with Crippen LogP contribution in [0.1, 0.15) is 28.6 Å². The van der Waals surface area contributed by atoms with Crippen LogP contribution in [0.3, 0.4) is 0 Å². The Labute approximate surface area is 171 Å². The monoisotopic (exact) mass is 412 g/mol. The van der Waals surface area contributed by atoms with Crippen LogP contribution in [0.2, 0.25) is 0 Å². The Morgan fingerprint density at radius 3 is 2.45 bits per heavy atom. The fourth-order valence-corrected chi connectivity index (χ4v) is 3.66. The van der Waals surface area contributed by atoms with E-state index in [2.05, 4.69) is 10.9 Å². The highest BCUT2D eigenvalue weighted by Gasteiger charge is 2.22. The first-order valence-corrected chi connectivity index (χ1v) is 10.0. The van der Waals surface area contributed by atoms with Crippen molar-refractivity contribution >= 4 is 40.5 Å². The van der Waals surface area contributed by atoms with Crippen LogP contribution in [0, 0.1) is 0 Å². The van der Waals surface area contributed by atoms with E-state index in [0.717, 1.165) is 16.7 Å². The van der Waals surface area contributed by atoms with Gasteiger partial charge in [-0.2, -0.15) is 11.8 Å². The summed E-state index contributed by atoms with van der Waals surface area (Å²) in [6, 6.07) is 17.4. The maximum absolute atomic E-state index is 12.5. The van der Waals surface area contributed by atoms with Crippen molar-refractivity contribution in [2.45, 2.75) is 18.4 Å². The van der Waals surface area contributed by atoms with Crippen LogP contribution < -0.4 is 10.9 Å². The number of hydrogen-bond donors (Lipinski definition) is 2. The molecule has 0 unspecified atom stereocenters. The number of amides is 2. The summed E-state index contributed by atoms with van der Waals surface area (Å²) in [5, 5.41) is 0.836. The first kappa shape index (κ1) is 20.5. The average molecular weight is 412 g/mol. The highest BCUT2D eigenvalue weighted by molar-refractivity contribution is 7.97. The summed E-state index contributed by atoms with van der Waals surface area (Å²) in [4.78, 5) is 35.0. The van der Waals surface area contributed by atoms with Crippen LogP contribution in [0.4, 0.5) is 0 Å². The molecule has 8 heteroatoms. The van der Waals surface area contributed by atoms with Gasteiger partial charge in [0.05, 0.1) is 0 Å². The number of benzene rings is 2. The van der Waals surface area contributed by atoms with E-state index in [1.165, 1.54) is 12.5 Å². The van der Waals surface area contributed by atoms with Crippen molar-refractivity contribution in [3.8, 4) is 0 Å². The lowest BCUT2D eigenvalue weighted by atomic mass is 10.1. The molecule has 0 bridgehead atoms. The number of carbonyl (C=O) groups excluding carboxylic acids is 3. The fraction of sp³-hybridized carbons (Fsp3) is 0.190. The number of thioether (sulfide) groups is 1. The molecule has 3 aromatic rings. The molecule has 0 radical (unpaired) electrons. The lowest BCUT2D eigenvalue weighted by Crippen LogP contribution is -2.42. The lowest BCUT2D eigenvalue weighted by Gasteiger charge is -2.07. The number of para-hydroxylation sites is 1. The van der Waals surface area contributed by atoms with Crippen LogP contribution >= 0.6 is 11.8 Å². The summed E-state index contributed by atoms with van der Waals surface area (Å²) in [6.45, 7) is 0.715. The van der Waals surface area contributed by atoms with Crippen molar-refractivity contribution in [2.75, 3.05) is 6.61 Å². The van der Waals surface area contributed by atoms with E-state index >= 15 is 0 Å². The number of hydrazine groups is 1. The minimum Gasteiger partial charge on any atom is -0.450 e. The third-order valence-electron chi connectivity index (χ3n) is 3.95. The smallest absolute Gasteiger partial charge is 0.375 e. The molecule has 0 fully saturated rings. The van der Waals surface area contributed by atoms with E-state index in [1.54, 1.807) is 17.8 Å². The van der Waals surface area contributed by atoms with E-state index in [4.69, 9.17) is 9.15 Å². The van der Waals surface area contributed by atoms with E-state index < -0.39 is 24.4 Å². The van der Waals surface area contributed by atoms with Gasteiger partial charge in [-0.25, -0.2) is 4.79 Å². The Bertz CT molecular complexity index is 1020. The van der Waals surface area contributed by atoms with Gasteiger partial charge < -0.3 is 9.15 Å². The van der Waals surface area contributed by atoms with Gasteiger partial charge >= 0.3 is 5.97 Å². The Balaban J connectivity index is 1.69. The number of esters is 1. The van der Waals surface area contributed by atoms with Gasteiger partial charge in [-0.15, -0.1) is 0 Å². The quantitative estimate of drug-likeness (QED) is 0.457. The van der Waals surface area contributed by atoms with Gasteiger partial charge in [0, 0.05) is 29.4 Å². The standard InChI is InChI=1S/C21H20N2O5S/c1-14(24)22-23-19(25)11-27-21(26)20-17(16-9-5-6-10-18(16)28-20)13-29-12-15-7-3-2-4-8-15/h2-10H,11-13H2,1H3,(H,22,24)(H,23,25). The Morgan fingerprint density at radius 2 is 1.69 bits per heavy atom. The van der Waals surface area contributed by atoms with Crippen molar-refractivity contribution in [2.24, 2.45) is 0 Å². The highest BCUT2D eigenvalue weighted by Crippen LogP contribution is 2.30. The van der Waals surface area contributed by atoms with Gasteiger partial charge in [-0.3, -0.25) is 20.4 Å². The maximum atomic E-state index is 12.5. The van der Waals surface area contributed by atoms with Crippen LogP contribution in [0.5, 0.6) is 0 Å². The molecule has 0 saturated heterocycles. The summed E-state index contributed by atoms with van der Waals surface area (Å²) in [5.41, 5.74) is 6.76. The predicted octanol–water partition coefficient (Wildman–Crippen LogP) is 3.19. The molecule has 3 rings (SSSR count). The minimum absolute atomic E-state index is 0.0825. The maximum Gasteiger partial charge on any atom is 0.375 e. The zero-order valence-corrected chi connectivity index (χ0v) is 16.6. The fourth-order valence-electron chi connectivity index (χ4n) is 2.64. The van der Waals surface area contributed by atoms with Crippen molar-refractivity contribution in [3.63, 3.8) is 0 Å².